The van der Waals surface area contributed by atoms with Gasteiger partial charge in [0.2, 0.25) is 17.5 Å². The van der Waals surface area contributed by atoms with Crippen LogP contribution in [-0.2, 0) is 21.4 Å². The van der Waals surface area contributed by atoms with E-state index in [4.69, 9.17) is 0 Å². The summed E-state index contributed by atoms with van der Waals surface area (Å²) in [5.41, 5.74) is 1.30. The number of aryl methyl sites for hydroxylation is 1. The molecule has 0 spiro atoms. The van der Waals surface area contributed by atoms with Gasteiger partial charge in [-0.3, -0.25) is 14.4 Å². The lowest BCUT2D eigenvalue weighted by molar-refractivity contribution is -0.128. The second-order valence-electron chi connectivity index (χ2n) is 9.00. The molecule has 0 saturated heterocycles. The molecule has 0 aliphatic heterocycles. The highest BCUT2D eigenvalue weighted by molar-refractivity contribution is 6.62. The number of aromatic hydroxyl groups is 1. The summed E-state index contributed by atoms with van der Waals surface area (Å²) in [6.07, 6.45) is 0.431. The highest BCUT2D eigenvalue weighted by Gasteiger charge is 2.34. The van der Waals surface area contributed by atoms with Crippen LogP contribution in [0.4, 0.5) is 0 Å². The van der Waals surface area contributed by atoms with Gasteiger partial charge in [0.25, 0.3) is 0 Å². The minimum atomic E-state index is -0.794. The first-order valence-corrected chi connectivity index (χ1v) is 10.1. The van der Waals surface area contributed by atoms with Crippen molar-refractivity contribution < 1.29 is 24.6 Å². The predicted octanol–water partition coefficient (Wildman–Crippen LogP) is 3.90. The first kappa shape index (κ1) is 22.3. The molecule has 2 N–H and O–H groups in total. The van der Waals surface area contributed by atoms with Crippen LogP contribution in [0.1, 0.15) is 59.8 Å². The molecule has 0 heterocycles. The average Bonchev–Trinajstić information content (AvgIpc) is 2.71. The van der Waals surface area contributed by atoms with Gasteiger partial charge in [-0.2, -0.15) is 0 Å². The van der Waals surface area contributed by atoms with Gasteiger partial charge in [0.1, 0.15) is 11.5 Å². The van der Waals surface area contributed by atoms with Gasteiger partial charge >= 0.3 is 0 Å². The quantitative estimate of drug-likeness (QED) is 0.730. The number of ketones is 2. The summed E-state index contributed by atoms with van der Waals surface area (Å²) in [6.45, 7) is 5.74. The highest BCUT2D eigenvalue weighted by atomic mass is 16.3. The van der Waals surface area contributed by atoms with Gasteiger partial charge < -0.3 is 15.1 Å². The summed E-state index contributed by atoms with van der Waals surface area (Å²) >= 11 is 0. The van der Waals surface area contributed by atoms with Crippen molar-refractivity contribution in [3.8, 4) is 5.75 Å². The van der Waals surface area contributed by atoms with E-state index in [2.05, 4.69) is 0 Å². The molecule has 6 heteroatoms. The maximum atomic E-state index is 12.9. The third-order valence-corrected chi connectivity index (χ3v) is 5.49. The number of phenols is 1. The molecule has 1 aliphatic carbocycles. The summed E-state index contributed by atoms with van der Waals surface area (Å²) in [4.78, 5) is 39.1. The number of allylic oxidation sites excluding steroid dienone is 1. The zero-order valence-corrected chi connectivity index (χ0v) is 18.4. The number of fused-ring (bicyclic) bond motifs is 1. The second-order valence-corrected chi connectivity index (χ2v) is 9.00. The van der Waals surface area contributed by atoms with E-state index in [1.165, 1.54) is 11.0 Å². The molecular weight excluding hydrogens is 394 g/mol. The van der Waals surface area contributed by atoms with Crippen LogP contribution in [0.15, 0.2) is 36.4 Å². The highest BCUT2D eigenvalue weighted by Crippen LogP contribution is 2.40. The van der Waals surface area contributed by atoms with Crippen molar-refractivity contribution >= 4 is 28.8 Å². The number of aliphatic hydroxyl groups excluding tert-OH is 1. The van der Waals surface area contributed by atoms with Gasteiger partial charge in [-0.25, -0.2) is 0 Å². The molecule has 0 atom stereocenters. The van der Waals surface area contributed by atoms with Crippen molar-refractivity contribution in [2.45, 2.75) is 39.0 Å². The minimum absolute atomic E-state index is 0.0536. The number of carbonyl (C=O) groups is 3. The lowest BCUT2D eigenvalue weighted by Crippen LogP contribution is -2.24. The average molecular weight is 421 g/mol. The van der Waals surface area contributed by atoms with E-state index in [9.17, 15) is 24.6 Å². The summed E-state index contributed by atoms with van der Waals surface area (Å²) in [6, 6.07) is 9.65. The maximum absolute atomic E-state index is 12.9. The zero-order valence-electron chi connectivity index (χ0n) is 18.4. The van der Waals surface area contributed by atoms with Gasteiger partial charge in [-0.05, 0) is 35.1 Å². The lowest BCUT2D eigenvalue weighted by Gasteiger charge is -2.25. The fourth-order valence-electron chi connectivity index (χ4n) is 3.70. The first-order chi connectivity index (χ1) is 14.4. The molecular formula is C25H27NO5. The third-order valence-electron chi connectivity index (χ3n) is 5.49. The molecule has 3 rings (SSSR count). The Morgan fingerprint density at radius 1 is 0.968 bits per heavy atom. The van der Waals surface area contributed by atoms with E-state index < -0.39 is 17.0 Å². The normalized spacial score (nSPS) is 14.0. The molecule has 0 saturated carbocycles. The van der Waals surface area contributed by atoms with Crippen LogP contribution >= 0.6 is 0 Å². The third kappa shape index (κ3) is 4.10. The number of Topliss-reactive ketones (excluding diaryl/α,β-unsaturated/α-hetero) is 2. The van der Waals surface area contributed by atoms with Crippen LogP contribution < -0.4 is 0 Å². The van der Waals surface area contributed by atoms with Crippen LogP contribution in [0.2, 0.25) is 0 Å². The van der Waals surface area contributed by atoms with E-state index in [0.29, 0.717) is 22.3 Å². The first-order valence-electron chi connectivity index (χ1n) is 10.1. The van der Waals surface area contributed by atoms with E-state index >= 15 is 0 Å². The Morgan fingerprint density at radius 3 is 2.16 bits per heavy atom. The molecule has 2 aromatic rings. The molecule has 6 nitrogen and oxygen atoms in total. The van der Waals surface area contributed by atoms with Gasteiger partial charge in [-0.1, -0.05) is 45.0 Å². The smallest absolute Gasteiger partial charge is 0.237 e. The van der Waals surface area contributed by atoms with Crippen molar-refractivity contribution in [2.24, 2.45) is 0 Å². The minimum Gasteiger partial charge on any atom is -0.507 e. The number of rotatable bonds is 4. The number of aliphatic hydroxyl groups is 1. The Kier molecular flexibility index (Phi) is 5.77. The Hall–Kier alpha value is -3.41. The SMILES string of the molecule is CN(C)C(=O)CCc1cc(C2=C(O)c3ccccc3C(=O)C2=O)cc(C(C)(C)C)c1O. The summed E-state index contributed by atoms with van der Waals surface area (Å²) in [7, 11) is 3.32. The van der Waals surface area contributed by atoms with E-state index in [-0.39, 0.29) is 41.4 Å². The molecule has 162 valence electrons. The van der Waals surface area contributed by atoms with Crippen LogP contribution in [0.25, 0.3) is 11.3 Å². The fraction of sp³-hybridized carbons (Fsp3) is 0.320. The number of nitrogens with zero attached hydrogens (tertiary/aromatic N) is 1. The summed E-state index contributed by atoms with van der Waals surface area (Å²) in [5.74, 6) is -1.78. The van der Waals surface area contributed by atoms with Crippen molar-refractivity contribution in [2.75, 3.05) is 14.1 Å². The molecule has 0 bridgehead atoms. The van der Waals surface area contributed by atoms with E-state index in [1.807, 2.05) is 20.8 Å². The predicted molar refractivity (Wildman–Crippen MR) is 119 cm³/mol. The number of hydrogen-bond donors (Lipinski definition) is 2. The summed E-state index contributed by atoms with van der Waals surface area (Å²) < 4.78 is 0. The summed E-state index contributed by atoms with van der Waals surface area (Å²) in [5, 5.41) is 21.8. The van der Waals surface area contributed by atoms with Gasteiger partial charge in [0.05, 0.1) is 5.57 Å². The maximum Gasteiger partial charge on any atom is 0.237 e. The van der Waals surface area contributed by atoms with Crippen molar-refractivity contribution in [3.05, 3.63) is 64.2 Å². The van der Waals surface area contributed by atoms with Crippen LogP contribution in [0, 0.1) is 0 Å². The lowest BCUT2D eigenvalue weighted by atomic mass is 9.79. The van der Waals surface area contributed by atoms with Gasteiger partial charge in [0.15, 0.2) is 0 Å². The van der Waals surface area contributed by atoms with Gasteiger partial charge in [0, 0.05) is 37.2 Å². The van der Waals surface area contributed by atoms with Crippen molar-refractivity contribution in [3.63, 3.8) is 0 Å². The second kappa shape index (κ2) is 8.02. The Morgan fingerprint density at radius 2 is 1.58 bits per heavy atom. The Bertz CT molecular complexity index is 1120. The van der Waals surface area contributed by atoms with Crippen molar-refractivity contribution in [1.29, 1.82) is 0 Å². The van der Waals surface area contributed by atoms with Crippen molar-refractivity contribution in [1.82, 2.24) is 4.90 Å². The van der Waals surface area contributed by atoms with Crippen LogP contribution in [-0.4, -0.2) is 46.7 Å². The van der Waals surface area contributed by atoms with Crippen LogP contribution in [0.3, 0.4) is 0 Å². The number of amides is 1. The number of phenolic OH excluding ortho intramolecular Hbond substituents is 1. The fourth-order valence-corrected chi connectivity index (χ4v) is 3.70. The zero-order chi connectivity index (χ0) is 23.1. The van der Waals surface area contributed by atoms with Gasteiger partial charge in [-0.15, -0.1) is 0 Å². The Labute approximate surface area is 181 Å². The largest absolute Gasteiger partial charge is 0.507 e. The standard InChI is InChI=1S/C25H27NO5/c1-25(2,3)18-13-15(12-14(21(18)28)10-11-19(27)26(4)5)20-22(29)16-8-6-7-9-17(16)23(30)24(20)31/h6-9,12-13,28-29H,10-11H2,1-5H3. The molecule has 0 unspecified atom stereocenters. The molecule has 0 aromatic heterocycles. The molecule has 31 heavy (non-hydrogen) atoms. The van der Waals surface area contributed by atoms with E-state index in [0.717, 1.165) is 0 Å². The molecule has 0 fully saturated rings. The number of hydrogen-bond acceptors (Lipinski definition) is 5. The monoisotopic (exact) mass is 421 g/mol. The molecule has 2 aromatic carbocycles. The topological polar surface area (TPSA) is 94.9 Å². The molecule has 0 radical (unpaired) electrons. The molecule has 1 amide bonds. The van der Waals surface area contributed by atoms with E-state index in [1.54, 1.807) is 44.4 Å². The number of benzene rings is 2. The number of carbonyl (C=O) groups excluding carboxylic acids is 3. The van der Waals surface area contributed by atoms with Crippen LogP contribution in [0.5, 0.6) is 5.75 Å². The Balaban J connectivity index is 2.21. The molecule has 1 aliphatic rings.